The summed E-state index contributed by atoms with van der Waals surface area (Å²) in [4.78, 5) is 8.74. The zero-order valence-electron chi connectivity index (χ0n) is 10.9. The van der Waals surface area contributed by atoms with Crippen molar-refractivity contribution in [2.75, 3.05) is 17.7 Å². The third kappa shape index (κ3) is 4.05. The van der Waals surface area contributed by atoms with Crippen LogP contribution in [0.1, 0.15) is 19.8 Å². The van der Waals surface area contributed by atoms with E-state index in [9.17, 15) is 0 Å². The fourth-order valence-electron chi connectivity index (χ4n) is 1.90. The van der Waals surface area contributed by atoms with E-state index >= 15 is 0 Å². The van der Waals surface area contributed by atoms with Crippen LogP contribution in [0.2, 0.25) is 0 Å². The Labute approximate surface area is 126 Å². The van der Waals surface area contributed by atoms with Crippen LogP contribution < -0.4 is 5.32 Å². The molecule has 1 unspecified atom stereocenters. The van der Waals surface area contributed by atoms with Crippen molar-refractivity contribution in [3.05, 3.63) is 29.0 Å². The summed E-state index contributed by atoms with van der Waals surface area (Å²) in [5, 5.41) is 3.43. The van der Waals surface area contributed by atoms with Crippen LogP contribution in [-0.4, -0.2) is 22.4 Å². The molecule has 1 N–H and O–H groups in total. The van der Waals surface area contributed by atoms with Crippen molar-refractivity contribution in [2.45, 2.75) is 19.8 Å². The maximum Gasteiger partial charge on any atom is 0.112 e. The Morgan fingerprint density at radius 2 is 2.26 bits per heavy atom. The molecule has 0 amide bonds. The van der Waals surface area contributed by atoms with Gasteiger partial charge in [0.05, 0.1) is 11.2 Å². The summed E-state index contributed by atoms with van der Waals surface area (Å²) in [6, 6.07) is 3.94. The highest BCUT2D eigenvalue weighted by molar-refractivity contribution is 9.10. The first kappa shape index (κ1) is 14.5. The number of fused-ring (bicyclic) bond motifs is 1. The third-order valence-electron chi connectivity index (χ3n) is 3.00. The van der Waals surface area contributed by atoms with Crippen LogP contribution in [0.3, 0.4) is 0 Å². The van der Waals surface area contributed by atoms with Gasteiger partial charge in [0.2, 0.25) is 0 Å². The smallest absolute Gasteiger partial charge is 0.112 e. The zero-order valence-corrected chi connectivity index (χ0v) is 13.2. The second-order valence-electron chi connectivity index (χ2n) is 4.71. The summed E-state index contributed by atoms with van der Waals surface area (Å²) in [5.41, 5.74) is 2.85. The first-order chi connectivity index (χ1) is 9.20. The van der Waals surface area contributed by atoms with Crippen LogP contribution in [0, 0.1) is 5.92 Å². The van der Waals surface area contributed by atoms with Gasteiger partial charge in [-0.3, -0.25) is 9.97 Å². The van der Waals surface area contributed by atoms with E-state index in [2.05, 4.69) is 38.1 Å². The molecule has 0 bridgehead atoms. The predicted molar refractivity (Wildman–Crippen MR) is 84.8 cm³/mol. The highest BCUT2D eigenvalue weighted by atomic mass is 79.9. The second kappa shape index (κ2) is 7.06. The van der Waals surface area contributed by atoms with Crippen molar-refractivity contribution < 1.29 is 0 Å². The molecule has 0 aliphatic rings. The Bertz CT molecular complexity index is 547. The van der Waals surface area contributed by atoms with Gasteiger partial charge in [-0.1, -0.05) is 6.92 Å². The van der Waals surface area contributed by atoms with Crippen molar-refractivity contribution in [2.24, 2.45) is 5.92 Å². The molecular weight excluding hydrogens is 326 g/mol. The molecule has 0 spiro atoms. The summed E-state index contributed by atoms with van der Waals surface area (Å²) in [5.74, 6) is 1.31. The zero-order chi connectivity index (χ0) is 13.7. The van der Waals surface area contributed by atoms with Crippen molar-refractivity contribution in [3.8, 4) is 0 Å². The van der Waals surface area contributed by atoms with Gasteiger partial charge < -0.3 is 5.32 Å². The maximum absolute atomic E-state index is 5.80. The molecule has 5 heteroatoms. The van der Waals surface area contributed by atoms with Gasteiger partial charge in [0.15, 0.2) is 0 Å². The Morgan fingerprint density at radius 3 is 3.05 bits per heavy atom. The molecule has 2 heterocycles. The van der Waals surface area contributed by atoms with Gasteiger partial charge in [0.1, 0.15) is 5.52 Å². The fourth-order valence-corrected chi connectivity index (χ4v) is 2.37. The van der Waals surface area contributed by atoms with E-state index in [1.807, 2.05) is 12.1 Å². The molecule has 0 saturated carbocycles. The van der Waals surface area contributed by atoms with Gasteiger partial charge >= 0.3 is 0 Å². The van der Waals surface area contributed by atoms with Crippen LogP contribution in [0.4, 0.5) is 5.69 Å². The van der Waals surface area contributed by atoms with Gasteiger partial charge in [-0.2, -0.15) is 0 Å². The quantitative estimate of drug-likeness (QED) is 0.622. The van der Waals surface area contributed by atoms with Gasteiger partial charge in [-0.05, 0) is 46.8 Å². The molecule has 2 rings (SSSR count). The molecule has 1 atom stereocenters. The number of halogens is 2. The van der Waals surface area contributed by atoms with E-state index in [0.717, 1.165) is 46.5 Å². The molecule has 2 aromatic rings. The average Bonchev–Trinajstić information content (AvgIpc) is 2.42. The monoisotopic (exact) mass is 341 g/mol. The second-order valence-corrected chi connectivity index (χ2v) is 5.93. The summed E-state index contributed by atoms with van der Waals surface area (Å²) >= 11 is 9.21. The highest BCUT2D eigenvalue weighted by Crippen LogP contribution is 2.22. The van der Waals surface area contributed by atoms with E-state index in [1.165, 1.54) is 0 Å². The molecule has 0 aliphatic carbocycles. The number of hydrogen-bond acceptors (Lipinski definition) is 3. The molecule has 0 radical (unpaired) electrons. The van der Waals surface area contributed by atoms with E-state index in [-0.39, 0.29) is 0 Å². The standard InChI is InChI=1S/C14H17BrClN3/c1-10(8-16)3-2-5-17-12-4-6-18-13-7-11(15)9-19-14(12)13/h4,6-7,9-10H,2-3,5,8H2,1H3,(H,17,18). The van der Waals surface area contributed by atoms with Gasteiger partial charge in [0.25, 0.3) is 0 Å². The largest absolute Gasteiger partial charge is 0.383 e. The Morgan fingerprint density at radius 1 is 1.42 bits per heavy atom. The summed E-state index contributed by atoms with van der Waals surface area (Å²) in [7, 11) is 0. The normalized spacial score (nSPS) is 12.6. The van der Waals surface area contributed by atoms with Crippen molar-refractivity contribution >= 4 is 44.3 Å². The molecule has 102 valence electrons. The number of aromatic nitrogens is 2. The van der Waals surface area contributed by atoms with Crippen LogP contribution >= 0.6 is 27.5 Å². The number of hydrogen-bond donors (Lipinski definition) is 1. The van der Waals surface area contributed by atoms with E-state index < -0.39 is 0 Å². The first-order valence-corrected chi connectivity index (χ1v) is 7.73. The molecule has 0 aromatic carbocycles. The molecule has 0 aliphatic heterocycles. The molecular formula is C14H17BrClN3. The molecule has 0 saturated heterocycles. The lowest BCUT2D eigenvalue weighted by Gasteiger charge is -2.10. The number of nitrogens with zero attached hydrogens (tertiary/aromatic N) is 2. The van der Waals surface area contributed by atoms with Crippen molar-refractivity contribution in [1.82, 2.24) is 9.97 Å². The number of alkyl halides is 1. The topological polar surface area (TPSA) is 37.8 Å². The number of rotatable bonds is 6. The van der Waals surface area contributed by atoms with E-state index in [1.54, 1.807) is 12.4 Å². The third-order valence-corrected chi connectivity index (χ3v) is 3.96. The summed E-state index contributed by atoms with van der Waals surface area (Å²) < 4.78 is 0.945. The van der Waals surface area contributed by atoms with Crippen LogP contribution in [0.25, 0.3) is 11.0 Å². The van der Waals surface area contributed by atoms with Gasteiger partial charge in [-0.25, -0.2) is 0 Å². The van der Waals surface area contributed by atoms with Gasteiger partial charge in [-0.15, -0.1) is 11.6 Å². The predicted octanol–water partition coefficient (Wildman–Crippen LogP) is 4.46. The van der Waals surface area contributed by atoms with Crippen LogP contribution in [0.15, 0.2) is 29.0 Å². The minimum Gasteiger partial charge on any atom is -0.383 e. The SMILES string of the molecule is CC(CCl)CCCNc1ccnc2cc(Br)cnc12. The summed E-state index contributed by atoms with van der Waals surface area (Å²) in [6.45, 7) is 3.10. The molecule has 2 aromatic heterocycles. The van der Waals surface area contributed by atoms with Crippen LogP contribution in [-0.2, 0) is 0 Å². The number of nitrogens with one attached hydrogen (secondary N) is 1. The summed E-state index contributed by atoms with van der Waals surface area (Å²) in [6.07, 6.45) is 5.84. The highest BCUT2D eigenvalue weighted by Gasteiger charge is 2.04. The minimum absolute atomic E-state index is 0.576. The van der Waals surface area contributed by atoms with Crippen molar-refractivity contribution in [3.63, 3.8) is 0 Å². The van der Waals surface area contributed by atoms with E-state index in [0.29, 0.717) is 5.92 Å². The lowest BCUT2D eigenvalue weighted by Crippen LogP contribution is -2.06. The number of pyridine rings is 2. The molecule has 0 fully saturated rings. The lowest BCUT2D eigenvalue weighted by molar-refractivity contribution is 0.572. The van der Waals surface area contributed by atoms with E-state index in [4.69, 9.17) is 11.6 Å². The van der Waals surface area contributed by atoms with Crippen molar-refractivity contribution in [1.29, 1.82) is 0 Å². The van der Waals surface area contributed by atoms with Gasteiger partial charge in [0, 0.05) is 29.3 Å². The lowest BCUT2D eigenvalue weighted by atomic mass is 10.1. The molecule has 3 nitrogen and oxygen atoms in total. The Kier molecular flexibility index (Phi) is 5.40. The molecule has 19 heavy (non-hydrogen) atoms. The van der Waals surface area contributed by atoms with Crippen LogP contribution in [0.5, 0.6) is 0 Å². The maximum atomic E-state index is 5.80. The Balaban J connectivity index is 2.01. The minimum atomic E-state index is 0.576. The fraction of sp³-hybridized carbons (Fsp3) is 0.429. The first-order valence-electron chi connectivity index (χ1n) is 6.41. The Hall–Kier alpha value is -0.870. The average molecular weight is 343 g/mol. The number of anilines is 1.